The van der Waals surface area contributed by atoms with Crippen molar-refractivity contribution >= 4 is 57.3 Å². The molecule has 2 heterocycles. The Labute approximate surface area is 195 Å². The van der Waals surface area contributed by atoms with Gasteiger partial charge >= 0.3 is 0 Å². The molecule has 34 heavy (non-hydrogen) atoms. The molecule has 2 aliphatic heterocycles. The molecule has 0 radical (unpaired) electrons. The molecule has 0 bridgehead atoms. The van der Waals surface area contributed by atoms with E-state index in [1.54, 1.807) is 6.07 Å². The Morgan fingerprint density at radius 2 is 1.21 bits per heavy atom. The second kappa shape index (κ2) is 6.08. The SMILES string of the molecule is CC(C)N1C(=O)c2ccc3c4c(c5c6c7c(ccc63)C(=O)N(C)C(=O)C7C=C5)C=CC(C1=O)c24. The van der Waals surface area contributed by atoms with Crippen molar-refractivity contribution in [2.24, 2.45) is 0 Å². The lowest BCUT2D eigenvalue weighted by atomic mass is 9.73. The molecule has 4 aliphatic rings. The smallest absolute Gasteiger partial charge is 0.261 e. The van der Waals surface area contributed by atoms with E-state index in [1.807, 2.05) is 56.4 Å². The van der Waals surface area contributed by atoms with E-state index in [2.05, 4.69) is 0 Å². The molecule has 0 saturated heterocycles. The van der Waals surface area contributed by atoms with E-state index >= 15 is 0 Å². The molecular formula is C28H20N2O4. The zero-order valence-corrected chi connectivity index (χ0v) is 18.9. The fraction of sp³-hybridized carbons (Fsp3) is 0.214. The summed E-state index contributed by atoms with van der Waals surface area (Å²) in [6, 6.07) is 7.27. The summed E-state index contributed by atoms with van der Waals surface area (Å²) in [4.78, 5) is 55.0. The number of nitrogens with zero attached hydrogens (tertiary/aromatic N) is 2. The van der Waals surface area contributed by atoms with Gasteiger partial charge in [-0.2, -0.15) is 0 Å². The Balaban J connectivity index is 1.64. The molecule has 3 aromatic carbocycles. The van der Waals surface area contributed by atoms with E-state index in [0.717, 1.165) is 43.8 Å². The summed E-state index contributed by atoms with van der Waals surface area (Å²) in [6.07, 6.45) is 7.66. The summed E-state index contributed by atoms with van der Waals surface area (Å²) in [5, 5.41) is 3.67. The van der Waals surface area contributed by atoms with Crippen LogP contribution in [0.1, 0.15) is 68.7 Å². The molecule has 0 N–H and O–H groups in total. The third-order valence-electron chi connectivity index (χ3n) is 7.74. The highest BCUT2D eigenvalue weighted by molar-refractivity contribution is 6.26. The van der Waals surface area contributed by atoms with Gasteiger partial charge in [-0.05, 0) is 69.8 Å². The maximum absolute atomic E-state index is 13.3. The van der Waals surface area contributed by atoms with Crippen LogP contribution in [0.4, 0.5) is 0 Å². The number of hydrogen-bond acceptors (Lipinski definition) is 4. The van der Waals surface area contributed by atoms with Crippen LogP contribution in [-0.2, 0) is 9.59 Å². The first-order chi connectivity index (χ1) is 16.3. The summed E-state index contributed by atoms with van der Waals surface area (Å²) in [6.45, 7) is 3.70. The average Bonchev–Trinajstić information content (AvgIpc) is 2.83. The van der Waals surface area contributed by atoms with Crippen LogP contribution < -0.4 is 0 Å². The number of carbonyl (C=O) groups is 4. The topological polar surface area (TPSA) is 74.8 Å². The van der Waals surface area contributed by atoms with Crippen LogP contribution in [0.25, 0.3) is 33.7 Å². The van der Waals surface area contributed by atoms with Crippen LogP contribution in [0.5, 0.6) is 0 Å². The number of hydrogen-bond donors (Lipinski definition) is 0. The number of imide groups is 2. The molecule has 2 aliphatic carbocycles. The van der Waals surface area contributed by atoms with Gasteiger partial charge in [0, 0.05) is 24.2 Å². The first-order valence-electron chi connectivity index (χ1n) is 11.5. The molecule has 7 rings (SSSR count). The fourth-order valence-corrected chi connectivity index (χ4v) is 6.25. The minimum Gasteiger partial charge on any atom is -0.281 e. The van der Waals surface area contributed by atoms with E-state index in [4.69, 9.17) is 0 Å². The summed E-state index contributed by atoms with van der Waals surface area (Å²) in [5.41, 5.74) is 4.48. The summed E-state index contributed by atoms with van der Waals surface area (Å²) in [7, 11) is 1.52. The van der Waals surface area contributed by atoms with Crippen molar-refractivity contribution in [1.29, 1.82) is 0 Å². The van der Waals surface area contributed by atoms with Crippen LogP contribution >= 0.6 is 0 Å². The van der Waals surface area contributed by atoms with Crippen LogP contribution in [0.3, 0.4) is 0 Å². The van der Waals surface area contributed by atoms with Crippen LogP contribution in [0.2, 0.25) is 0 Å². The predicted molar refractivity (Wildman–Crippen MR) is 128 cm³/mol. The van der Waals surface area contributed by atoms with Crippen molar-refractivity contribution in [1.82, 2.24) is 9.80 Å². The monoisotopic (exact) mass is 448 g/mol. The van der Waals surface area contributed by atoms with Gasteiger partial charge in [0.05, 0.1) is 11.8 Å². The molecule has 0 aromatic heterocycles. The normalized spacial score (nSPS) is 22.1. The van der Waals surface area contributed by atoms with Gasteiger partial charge in [0.2, 0.25) is 11.8 Å². The first-order valence-corrected chi connectivity index (χ1v) is 11.5. The Bertz CT molecular complexity index is 1640. The Morgan fingerprint density at radius 3 is 1.74 bits per heavy atom. The van der Waals surface area contributed by atoms with Crippen molar-refractivity contribution in [2.45, 2.75) is 31.7 Å². The minimum absolute atomic E-state index is 0.198. The number of amides is 4. The van der Waals surface area contributed by atoms with Crippen LogP contribution in [0.15, 0.2) is 36.4 Å². The number of fused-ring (bicyclic) bond motifs is 2. The van der Waals surface area contributed by atoms with Gasteiger partial charge in [0.1, 0.15) is 0 Å². The summed E-state index contributed by atoms with van der Waals surface area (Å²) < 4.78 is 0. The average molecular weight is 448 g/mol. The number of benzene rings is 3. The molecule has 3 aromatic rings. The van der Waals surface area contributed by atoms with E-state index in [-0.39, 0.29) is 29.7 Å². The second-order valence-electron chi connectivity index (χ2n) is 9.71. The zero-order chi connectivity index (χ0) is 23.6. The molecule has 166 valence electrons. The van der Waals surface area contributed by atoms with Gasteiger partial charge in [-0.25, -0.2) is 0 Å². The van der Waals surface area contributed by atoms with E-state index in [1.165, 1.54) is 16.8 Å². The molecule has 0 saturated carbocycles. The summed E-state index contributed by atoms with van der Waals surface area (Å²) >= 11 is 0. The molecule has 4 amide bonds. The Hall–Kier alpha value is -4.06. The van der Waals surface area contributed by atoms with Crippen molar-refractivity contribution in [3.05, 3.63) is 69.8 Å². The molecule has 0 fully saturated rings. The maximum atomic E-state index is 13.3. The predicted octanol–water partition coefficient (Wildman–Crippen LogP) is 4.22. The quantitative estimate of drug-likeness (QED) is 0.413. The zero-order valence-electron chi connectivity index (χ0n) is 18.9. The van der Waals surface area contributed by atoms with Crippen molar-refractivity contribution in [3.63, 3.8) is 0 Å². The van der Waals surface area contributed by atoms with Crippen molar-refractivity contribution in [3.8, 4) is 0 Å². The second-order valence-corrected chi connectivity index (χ2v) is 9.71. The first kappa shape index (κ1) is 19.4. The van der Waals surface area contributed by atoms with Gasteiger partial charge < -0.3 is 0 Å². The van der Waals surface area contributed by atoms with Crippen LogP contribution in [-0.4, -0.2) is 46.5 Å². The van der Waals surface area contributed by atoms with Gasteiger partial charge in [0.25, 0.3) is 11.8 Å². The van der Waals surface area contributed by atoms with Gasteiger partial charge in [-0.1, -0.05) is 36.4 Å². The van der Waals surface area contributed by atoms with Crippen molar-refractivity contribution < 1.29 is 19.2 Å². The number of carbonyl (C=O) groups excluding carboxylic acids is 4. The van der Waals surface area contributed by atoms with E-state index in [9.17, 15) is 19.2 Å². The molecule has 0 spiro atoms. The highest BCUT2D eigenvalue weighted by Gasteiger charge is 2.43. The molecule has 2 atom stereocenters. The largest absolute Gasteiger partial charge is 0.281 e. The molecule has 6 nitrogen and oxygen atoms in total. The third kappa shape index (κ3) is 2.03. The maximum Gasteiger partial charge on any atom is 0.261 e. The molecule has 2 unspecified atom stereocenters. The van der Waals surface area contributed by atoms with Gasteiger partial charge in [-0.15, -0.1) is 0 Å². The Kier molecular flexibility index (Phi) is 3.47. The van der Waals surface area contributed by atoms with E-state index in [0.29, 0.717) is 11.1 Å². The van der Waals surface area contributed by atoms with Gasteiger partial charge in [0.15, 0.2) is 0 Å². The van der Waals surface area contributed by atoms with Gasteiger partial charge in [-0.3, -0.25) is 29.0 Å². The lowest BCUT2D eigenvalue weighted by molar-refractivity contribution is -0.131. The number of likely N-dealkylation sites (N-methyl/N-ethyl adjacent to an activating group) is 1. The molecule has 6 heteroatoms. The standard InChI is InChI=1S/C28H20N2O4/c1-12(2)30-27(33)19-10-6-15-13-4-8-17-23-18(26(32)29(3)25(17)31)9-5-14(21(13)23)16-7-11-20(28(30)34)24(19)22(15)16/h4-12,17,19H,1-3H3. The van der Waals surface area contributed by atoms with Crippen LogP contribution in [0, 0.1) is 0 Å². The van der Waals surface area contributed by atoms with Crippen molar-refractivity contribution in [2.75, 3.05) is 7.05 Å². The van der Waals surface area contributed by atoms with E-state index < -0.39 is 11.8 Å². The Morgan fingerprint density at radius 1 is 0.706 bits per heavy atom. The number of rotatable bonds is 1. The highest BCUT2D eigenvalue weighted by Crippen LogP contribution is 2.50. The molecular weight excluding hydrogens is 428 g/mol. The lowest BCUT2D eigenvalue weighted by Crippen LogP contribution is -2.48. The fourth-order valence-electron chi connectivity index (χ4n) is 6.25. The lowest BCUT2D eigenvalue weighted by Gasteiger charge is -2.37. The minimum atomic E-state index is -0.509. The summed E-state index contributed by atoms with van der Waals surface area (Å²) in [5.74, 6) is -1.99. The highest BCUT2D eigenvalue weighted by atomic mass is 16.2. The third-order valence-corrected chi connectivity index (χ3v) is 7.74.